The van der Waals surface area contributed by atoms with Gasteiger partial charge in [-0.3, -0.25) is 0 Å². The average molecular weight is 292 g/mol. The highest BCUT2D eigenvalue weighted by Crippen LogP contribution is 2.37. The molecule has 21 heavy (non-hydrogen) atoms. The first-order valence-electron chi connectivity index (χ1n) is 7.50. The number of hydrogen-bond acceptors (Lipinski definition) is 4. The minimum atomic E-state index is -0.426. The number of carbonyl (C=O) groups is 1. The van der Waals surface area contributed by atoms with Crippen molar-refractivity contribution in [3.63, 3.8) is 0 Å². The van der Waals surface area contributed by atoms with E-state index in [9.17, 15) is 4.79 Å². The Morgan fingerprint density at radius 1 is 1.29 bits per heavy atom. The zero-order chi connectivity index (χ0) is 15.4. The van der Waals surface area contributed by atoms with Crippen LogP contribution in [0.15, 0.2) is 24.3 Å². The first-order chi connectivity index (χ1) is 10.1. The van der Waals surface area contributed by atoms with Crippen molar-refractivity contribution < 1.29 is 19.0 Å². The van der Waals surface area contributed by atoms with Gasteiger partial charge in [0.15, 0.2) is 6.29 Å². The number of methoxy groups -OCH3 is 1. The second kappa shape index (κ2) is 7.05. The van der Waals surface area contributed by atoms with Gasteiger partial charge < -0.3 is 19.0 Å². The highest BCUT2D eigenvalue weighted by molar-refractivity contribution is 5.54. The Bertz CT molecular complexity index is 456. The van der Waals surface area contributed by atoms with Crippen LogP contribution in [-0.4, -0.2) is 25.6 Å². The summed E-state index contributed by atoms with van der Waals surface area (Å²) in [4.78, 5) is 11.1. The quantitative estimate of drug-likeness (QED) is 0.781. The van der Waals surface area contributed by atoms with Gasteiger partial charge in [-0.1, -0.05) is 32.9 Å². The van der Waals surface area contributed by atoms with Gasteiger partial charge >= 0.3 is 0 Å². The SMILES string of the molecule is CC[C@@H]1O[C@H](c2ccc(OC)cc2)O[C@@H](C(C)C=O)[C@@H]1C. The molecule has 5 atom stereocenters. The molecule has 2 rings (SSSR count). The third kappa shape index (κ3) is 3.44. The highest BCUT2D eigenvalue weighted by atomic mass is 16.7. The number of benzene rings is 1. The van der Waals surface area contributed by atoms with Gasteiger partial charge in [-0.2, -0.15) is 0 Å². The van der Waals surface area contributed by atoms with Gasteiger partial charge in [0.05, 0.1) is 19.3 Å². The number of aldehydes is 1. The molecular weight excluding hydrogens is 268 g/mol. The summed E-state index contributed by atoms with van der Waals surface area (Å²) in [5, 5.41) is 0. The van der Waals surface area contributed by atoms with Crippen LogP contribution >= 0.6 is 0 Å². The van der Waals surface area contributed by atoms with Crippen molar-refractivity contribution in [2.45, 2.75) is 45.7 Å². The second-order valence-electron chi connectivity index (χ2n) is 5.64. The summed E-state index contributed by atoms with van der Waals surface area (Å²) in [5.74, 6) is 0.858. The lowest BCUT2D eigenvalue weighted by Gasteiger charge is -2.42. The molecule has 1 saturated heterocycles. The molecule has 1 aliphatic rings. The van der Waals surface area contributed by atoms with Crippen LogP contribution in [0.1, 0.15) is 39.0 Å². The molecule has 0 spiro atoms. The topological polar surface area (TPSA) is 44.8 Å². The van der Waals surface area contributed by atoms with E-state index in [1.165, 1.54) is 0 Å². The van der Waals surface area contributed by atoms with Crippen LogP contribution in [0.5, 0.6) is 5.75 Å². The molecular formula is C17H24O4. The first-order valence-corrected chi connectivity index (χ1v) is 7.50. The van der Waals surface area contributed by atoms with Gasteiger partial charge in [-0.25, -0.2) is 0 Å². The summed E-state index contributed by atoms with van der Waals surface area (Å²) in [6, 6.07) is 7.65. The molecule has 0 amide bonds. The third-order valence-corrected chi connectivity index (χ3v) is 4.21. The largest absolute Gasteiger partial charge is 0.497 e. The Hall–Kier alpha value is -1.39. The molecule has 1 aromatic rings. The summed E-state index contributed by atoms with van der Waals surface area (Å²) >= 11 is 0. The number of ether oxygens (including phenoxy) is 3. The number of hydrogen-bond donors (Lipinski definition) is 0. The van der Waals surface area contributed by atoms with Crippen LogP contribution in [-0.2, 0) is 14.3 Å². The zero-order valence-electron chi connectivity index (χ0n) is 13.1. The van der Waals surface area contributed by atoms with Crippen LogP contribution in [0.3, 0.4) is 0 Å². The molecule has 1 unspecified atom stereocenters. The van der Waals surface area contributed by atoms with Crippen molar-refractivity contribution >= 4 is 6.29 Å². The van der Waals surface area contributed by atoms with E-state index < -0.39 is 6.29 Å². The maximum absolute atomic E-state index is 11.1. The second-order valence-corrected chi connectivity index (χ2v) is 5.64. The number of carbonyl (C=O) groups excluding carboxylic acids is 1. The highest BCUT2D eigenvalue weighted by Gasteiger charge is 2.39. The Kier molecular flexibility index (Phi) is 5.37. The molecule has 0 saturated carbocycles. The average Bonchev–Trinajstić information content (AvgIpc) is 2.54. The Morgan fingerprint density at radius 3 is 2.48 bits per heavy atom. The standard InChI is InChI=1S/C17H24O4/c1-5-15-12(3)16(11(2)10-18)21-17(20-15)13-6-8-14(19-4)9-7-13/h6-12,15-17H,5H2,1-4H3/t11?,12-,15+,16+,17+/m1/s1. The monoisotopic (exact) mass is 292 g/mol. The van der Waals surface area contributed by atoms with Gasteiger partial charge in [-0.05, 0) is 18.6 Å². The summed E-state index contributed by atoms with van der Waals surface area (Å²) in [6.07, 6.45) is 1.42. The van der Waals surface area contributed by atoms with Crippen LogP contribution in [0.4, 0.5) is 0 Å². The van der Waals surface area contributed by atoms with Crippen molar-refractivity contribution in [1.29, 1.82) is 0 Å². The van der Waals surface area contributed by atoms with Crippen molar-refractivity contribution in [1.82, 2.24) is 0 Å². The summed E-state index contributed by atoms with van der Waals surface area (Å²) < 4.78 is 17.3. The van der Waals surface area contributed by atoms with Gasteiger partial charge in [0.2, 0.25) is 0 Å². The minimum Gasteiger partial charge on any atom is -0.497 e. The van der Waals surface area contributed by atoms with E-state index >= 15 is 0 Å². The maximum atomic E-state index is 11.1. The normalized spacial score (nSPS) is 30.7. The van der Waals surface area contributed by atoms with E-state index in [0.717, 1.165) is 24.0 Å². The molecule has 1 aliphatic heterocycles. The minimum absolute atomic E-state index is 0.0956. The molecule has 1 aromatic carbocycles. The Labute approximate surface area is 126 Å². The predicted molar refractivity (Wildman–Crippen MR) is 80.2 cm³/mol. The molecule has 1 heterocycles. The summed E-state index contributed by atoms with van der Waals surface area (Å²) in [7, 11) is 1.64. The smallest absolute Gasteiger partial charge is 0.184 e. The molecule has 4 heteroatoms. The van der Waals surface area contributed by atoms with Crippen molar-refractivity contribution in [2.75, 3.05) is 7.11 Å². The van der Waals surface area contributed by atoms with Crippen molar-refractivity contribution in [3.05, 3.63) is 29.8 Å². The van der Waals surface area contributed by atoms with Gasteiger partial charge in [0, 0.05) is 17.4 Å². The van der Waals surface area contributed by atoms with Gasteiger partial charge in [0.25, 0.3) is 0 Å². The lowest BCUT2D eigenvalue weighted by molar-refractivity contribution is -0.278. The van der Waals surface area contributed by atoms with E-state index in [1.807, 2.05) is 31.2 Å². The van der Waals surface area contributed by atoms with Gasteiger partial charge in [0.1, 0.15) is 12.0 Å². The lowest BCUT2D eigenvalue weighted by Crippen LogP contribution is -2.44. The Balaban J connectivity index is 2.20. The molecule has 1 fully saturated rings. The Morgan fingerprint density at radius 2 is 1.95 bits per heavy atom. The molecule has 0 bridgehead atoms. The van der Waals surface area contributed by atoms with E-state index in [-0.39, 0.29) is 24.0 Å². The van der Waals surface area contributed by atoms with E-state index in [4.69, 9.17) is 14.2 Å². The fraction of sp³-hybridized carbons (Fsp3) is 0.588. The molecule has 0 aliphatic carbocycles. The van der Waals surface area contributed by atoms with Crippen molar-refractivity contribution in [2.24, 2.45) is 11.8 Å². The molecule has 116 valence electrons. The fourth-order valence-electron chi connectivity index (χ4n) is 2.86. The molecule has 0 radical (unpaired) electrons. The summed E-state index contributed by atoms with van der Waals surface area (Å²) in [5.41, 5.74) is 0.948. The van der Waals surface area contributed by atoms with Crippen LogP contribution in [0, 0.1) is 11.8 Å². The van der Waals surface area contributed by atoms with Gasteiger partial charge in [-0.15, -0.1) is 0 Å². The van der Waals surface area contributed by atoms with E-state index in [0.29, 0.717) is 0 Å². The molecule has 0 aromatic heterocycles. The summed E-state index contributed by atoms with van der Waals surface area (Å²) in [6.45, 7) is 6.08. The molecule has 0 N–H and O–H groups in total. The van der Waals surface area contributed by atoms with Crippen LogP contribution < -0.4 is 4.74 Å². The van der Waals surface area contributed by atoms with Crippen LogP contribution in [0.25, 0.3) is 0 Å². The predicted octanol–water partition coefficient (Wildman–Crippen LogP) is 3.36. The van der Waals surface area contributed by atoms with Crippen molar-refractivity contribution in [3.8, 4) is 5.75 Å². The van der Waals surface area contributed by atoms with E-state index in [2.05, 4.69) is 13.8 Å². The van der Waals surface area contributed by atoms with Crippen LogP contribution in [0.2, 0.25) is 0 Å². The maximum Gasteiger partial charge on any atom is 0.184 e. The molecule has 4 nitrogen and oxygen atoms in total. The number of rotatable bonds is 5. The lowest BCUT2D eigenvalue weighted by atomic mass is 9.87. The fourth-order valence-corrected chi connectivity index (χ4v) is 2.86. The third-order valence-electron chi connectivity index (χ3n) is 4.21. The zero-order valence-corrected chi connectivity index (χ0v) is 13.1. The van der Waals surface area contributed by atoms with E-state index in [1.54, 1.807) is 7.11 Å². The first kappa shape index (κ1) is 16.0.